The van der Waals surface area contributed by atoms with Gasteiger partial charge in [0.1, 0.15) is 6.10 Å². The standard InChI is InChI=1S/C19H25N3OS2/c1-24-16-7-5-14(6-8-16)18-20-19(17(23)13-3-2-4-13)22(21-18)15-9-11-25-12-10-15/h5-8,13,15,17,23H,2-4,9-12H2,1H3. The number of hydrogen-bond acceptors (Lipinski definition) is 5. The van der Waals surface area contributed by atoms with Gasteiger partial charge in [0, 0.05) is 10.5 Å². The topological polar surface area (TPSA) is 50.9 Å². The molecular formula is C19H25N3OS2. The maximum atomic E-state index is 10.9. The fourth-order valence-corrected chi connectivity index (χ4v) is 5.05. The Labute approximate surface area is 157 Å². The van der Waals surface area contributed by atoms with E-state index in [0.717, 1.165) is 42.9 Å². The summed E-state index contributed by atoms with van der Waals surface area (Å²) in [5, 5.41) is 15.7. The van der Waals surface area contributed by atoms with Crippen molar-refractivity contribution in [3.05, 3.63) is 30.1 Å². The highest BCUT2D eigenvalue weighted by Crippen LogP contribution is 2.39. The van der Waals surface area contributed by atoms with E-state index in [9.17, 15) is 5.11 Å². The maximum Gasteiger partial charge on any atom is 0.181 e. The van der Waals surface area contributed by atoms with Gasteiger partial charge in [-0.3, -0.25) is 0 Å². The minimum absolute atomic E-state index is 0.354. The van der Waals surface area contributed by atoms with Crippen LogP contribution in [0.4, 0.5) is 0 Å². The third-order valence-corrected chi connectivity index (χ3v) is 7.20. The first-order chi connectivity index (χ1) is 12.3. The van der Waals surface area contributed by atoms with E-state index in [-0.39, 0.29) is 0 Å². The van der Waals surface area contributed by atoms with Gasteiger partial charge in [0.25, 0.3) is 0 Å². The monoisotopic (exact) mass is 375 g/mol. The molecule has 2 aromatic rings. The molecule has 1 N–H and O–H groups in total. The maximum absolute atomic E-state index is 10.9. The lowest BCUT2D eigenvalue weighted by Crippen LogP contribution is -2.26. The molecule has 0 spiro atoms. The van der Waals surface area contributed by atoms with Crippen LogP contribution in [0, 0.1) is 5.92 Å². The van der Waals surface area contributed by atoms with Crippen molar-refractivity contribution in [3.8, 4) is 11.4 Å². The quantitative estimate of drug-likeness (QED) is 0.776. The summed E-state index contributed by atoms with van der Waals surface area (Å²) in [7, 11) is 0. The third kappa shape index (κ3) is 3.62. The fourth-order valence-electron chi connectivity index (χ4n) is 3.56. The summed E-state index contributed by atoms with van der Waals surface area (Å²) >= 11 is 3.75. The van der Waals surface area contributed by atoms with Crippen LogP contribution in [0.1, 0.15) is 50.1 Å². The summed E-state index contributed by atoms with van der Waals surface area (Å²) in [6.07, 6.45) is 7.26. The second kappa shape index (κ2) is 7.72. The first-order valence-corrected chi connectivity index (χ1v) is 11.5. The van der Waals surface area contributed by atoms with Crippen molar-refractivity contribution in [1.29, 1.82) is 0 Å². The highest BCUT2D eigenvalue weighted by atomic mass is 32.2. The van der Waals surface area contributed by atoms with Gasteiger partial charge in [-0.25, -0.2) is 9.67 Å². The Kier molecular flexibility index (Phi) is 5.39. The summed E-state index contributed by atoms with van der Waals surface area (Å²) in [5.41, 5.74) is 1.03. The van der Waals surface area contributed by atoms with E-state index in [1.165, 1.54) is 22.8 Å². The van der Waals surface area contributed by atoms with E-state index in [1.807, 2.05) is 11.8 Å². The highest BCUT2D eigenvalue weighted by molar-refractivity contribution is 7.99. The van der Waals surface area contributed by atoms with E-state index in [1.54, 1.807) is 11.8 Å². The second-order valence-electron chi connectivity index (χ2n) is 6.95. The van der Waals surface area contributed by atoms with Crippen LogP contribution in [0.15, 0.2) is 29.2 Å². The average Bonchev–Trinajstić information content (AvgIpc) is 3.06. The molecule has 4 nitrogen and oxygen atoms in total. The van der Waals surface area contributed by atoms with Gasteiger partial charge in [-0.05, 0) is 61.5 Å². The van der Waals surface area contributed by atoms with Crippen molar-refractivity contribution < 1.29 is 5.11 Å². The summed E-state index contributed by atoms with van der Waals surface area (Å²) < 4.78 is 2.06. The molecule has 25 heavy (non-hydrogen) atoms. The molecule has 1 aromatic heterocycles. The number of thioether (sulfide) groups is 2. The van der Waals surface area contributed by atoms with Gasteiger partial charge in [0.2, 0.25) is 0 Å². The van der Waals surface area contributed by atoms with Crippen LogP contribution >= 0.6 is 23.5 Å². The molecule has 1 aliphatic carbocycles. The van der Waals surface area contributed by atoms with Gasteiger partial charge in [-0.15, -0.1) is 11.8 Å². The van der Waals surface area contributed by atoms with Gasteiger partial charge < -0.3 is 5.11 Å². The van der Waals surface area contributed by atoms with Crippen LogP contribution in [0.3, 0.4) is 0 Å². The molecule has 0 amide bonds. The second-order valence-corrected chi connectivity index (χ2v) is 9.05. The molecule has 1 aliphatic heterocycles. The van der Waals surface area contributed by atoms with Crippen LogP contribution in [-0.4, -0.2) is 37.6 Å². The Hall–Kier alpha value is -0.980. The minimum Gasteiger partial charge on any atom is -0.385 e. The van der Waals surface area contributed by atoms with E-state index >= 15 is 0 Å². The molecule has 1 aromatic carbocycles. The van der Waals surface area contributed by atoms with Crippen molar-refractivity contribution in [1.82, 2.24) is 14.8 Å². The molecule has 0 radical (unpaired) electrons. The Morgan fingerprint density at radius 2 is 1.88 bits per heavy atom. The molecule has 134 valence electrons. The van der Waals surface area contributed by atoms with E-state index in [2.05, 4.69) is 35.2 Å². The van der Waals surface area contributed by atoms with Gasteiger partial charge >= 0.3 is 0 Å². The molecular weight excluding hydrogens is 350 g/mol. The van der Waals surface area contributed by atoms with Crippen molar-refractivity contribution >= 4 is 23.5 Å². The molecule has 1 saturated heterocycles. The summed E-state index contributed by atoms with van der Waals surface area (Å²) in [6.45, 7) is 0. The Morgan fingerprint density at radius 1 is 1.16 bits per heavy atom. The van der Waals surface area contributed by atoms with Crippen LogP contribution in [0.2, 0.25) is 0 Å². The molecule has 2 heterocycles. The zero-order valence-electron chi connectivity index (χ0n) is 14.6. The summed E-state index contributed by atoms with van der Waals surface area (Å²) in [5.74, 6) is 4.22. The lowest BCUT2D eigenvalue weighted by molar-refractivity contribution is 0.0493. The molecule has 1 unspecified atom stereocenters. The number of nitrogens with zero attached hydrogens (tertiary/aromatic N) is 3. The Morgan fingerprint density at radius 3 is 2.48 bits per heavy atom. The zero-order valence-corrected chi connectivity index (χ0v) is 16.2. The number of rotatable bonds is 5. The molecule has 1 saturated carbocycles. The van der Waals surface area contributed by atoms with Crippen molar-refractivity contribution in [2.45, 2.75) is 49.1 Å². The predicted octanol–water partition coefficient (Wildman–Crippen LogP) is 4.57. The number of aliphatic hydroxyl groups excluding tert-OH is 1. The molecule has 1 atom stereocenters. The molecule has 6 heteroatoms. The van der Waals surface area contributed by atoms with E-state index in [4.69, 9.17) is 10.1 Å². The largest absolute Gasteiger partial charge is 0.385 e. The Balaban J connectivity index is 1.68. The molecule has 4 rings (SSSR count). The number of aromatic nitrogens is 3. The molecule has 0 bridgehead atoms. The lowest BCUT2D eigenvalue weighted by Gasteiger charge is -2.31. The predicted molar refractivity (Wildman–Crippen MR) is 105 cm³/mol. The minimum atomic E-state index is -0.477. The molecule has 2 aliphatic rings. The van der Waals surface area contributed by atoms with Gasteiger partial charge in [-0.1, -0.05) is 18.6 Å². The van der Waals surface area contributed by atoms with Crippen LogP contribution in [0.25, 0.3) is 11.4 Å². The summed E-state index contributed by atoms with van der Waals surface area (Å²) in [4.78, 5) is 6.04. The average molecular weight is 376 g/mol. The first kappa shape index (κ1) is 17.4. The highest BCUT2D eigenvalue weighted by Gasteiger charge is 2.33. The van der Waals surface area contributed by atoms with E-state index in [0.29, 0.717) is 12.0 Å². The smallest absolute Gasteiger partial charge is 0.181 e. The van der Waals surface area contributed by atoms with E-state index < -0.39 is 6.10 Å². The van der Waals surface area contributed by atoms with Crippen molar-refractivity contribution in [2.75, 3.05) is 17.8 Å². The third-order valence-electron chi connectivity index (χ3n) is 5.40. The SMILES string of the molecule is CSc1ccc(-c2nc(C(O)C3CCC3)n(C3CCSCC3)n2)cc1. The number of benzene rings is 1. The van der Waals surface area contributed by atoms with Gasteiger partial charge in [0.05, 0.1) is 6.04 Å². The fraction of sp³-hybridized carbons (Fsp3) is 0.579. The zero-order chi connectivity index (χ0) is 17.2. The first-order valence-electron chi connectivity index (χ1n) is 9.13. The number of aliphatic hydroxyl groups is 1. The van der Waals surface area contributed by atoms with Crippen LogP contribution in [0.5, 0.6) is 0 Å². The lowest BCUT2D eigenvalue weighted by atomic mass is 9.81. The summed E-state index contributed by atoms with van der Waals surface area (Å²) in [6, 6.07) is 8.77. The van der Waals surface area contributed by atoms with Gasteiger partial charge in [-0.2, -0.15) is 16.9 Å². The van der Waals surface area contributed by atoms with Crippen LogP contribution in [-0.2, 0) is 0 Å². The van der Waals surface area contributed by atoms with Crippen molar-refractivity contribution in [2.24, 2.45) is 5.92 Å². The Bertz CT molecular complexity index is 686. The van der Waals surface area contributed by atoms with Gasteiger partial charge in [0.15, 0.2) is 11.6 Å². The molecule has 2 fully saturated rings. The normalized spacial score (nSPS) is 20.4. The van der Waals surface area contributed by atoms with Crippen LogP contribution < -0.4 is 0 Å². The number of hydrogen-bond donors (Lipinski definition) is 1. The van der Waals surface area contributed by atoms with Crippen molar-refractivity contribution in [3.63, 3.8) is 0 Å².